The van der Waals surface area contributed by atoms with E-state index in [1.165, 1.54) is 47.4 Å². The Morgan fingerprint density at radius 2 is 1.09 bits per heavy atom. The Balaban J connectivity index is 1.10. The minimum Gasteiger partial charge on any atom is -0.455 e. The fourth-order valence-electron chi connectivity index (χ4n) is 8.90. The van der Waals surface area contributed by atoms with E-state index in [9.17, 15) is 0 Å². The molecule has 0 amide bonds. The zero-order valence-electron chi connectivity index (χ0n) is 30.2. The third-order valence-corrected chi connectivity index (χ3v) is 12.6. The van der Waals surface area contributed by atoms with E-state index in [0.29, 0.717) is 0 Å². The van der Waals surface area contributed by atoms with Crippen LogP contribution in [0.3, 0.4) is 0 Å². The molecule has 0 spiro atoms. The van der Waals surface area contributed by atoms with Gasteiger partial charge in [0.2, 0.25) is 0 Å². The number of hydrogen-bond donors (Lipinski definition) is 0. The third kappa shape index (κ3) is 4.57. The van der Waals surface area contributed by atoms with Crippen LogP contribution in [0, 0.1) is 0 Å². The summed E-state index contributed by atoms with van der Waals surface area (Å²) in [5, 5.41) is 9.58. The summed E-state index contributed by atoms with van der Waals surface area (Å²) in [6.45, 7) is 0. The molecule has 0 aliphatic rings. The topological polar surface area (TPSA) is 21.3 Å². The molecular weight excluding hydrogens is 701 g/mol. The van der Waals surface area contributed by atoms with Gasteiger partial charge in [0.25, 0.3) is 0 Å². The molecule has 0 saturated carbocycles. The lowest BCUT2D eigenvalue weighted by Crippen LogP contribution is -2.10. The molecule has 12 rings (SSSR count). The van der Waals surface area contributed by atoms with Gasteiger partial charge in [-0.05, 0) is 71.6 Å². The van der Waals surface area contributed by atoms with Gasteiger partial charge in [0.15, 0.2) is 0 Å². The fraction of sp³-hybridized carbons (Fsp3) is 0. The van der Waals surface area contributed by atoms with Gasteiger partial charge in [-0.25, -0.2) is 0 Å². The molecule has 3 heterocycles. The van der Waals surface area contributed by atoms with Gasteiger partial charge >= 0.3 is 0 Å². The molecule has 9 aromatic carbocycles. The smallest absolute Gasteiger partial charge is 0.143 e. The molecule has 0 atom stereocenters. The van der Waals surface area contributed by atoms with Crippen molar-refractivity contribution >= 4 is 103 Å². The third-order valence-electron chi connectivity index (χ3n) is 11.4. The molecule has 12 aromatic rings. The highest BCUT2D eigenvalue weighted by Crippen LogP contribution is 2.49. The van der Waals surface area contributed by atoms with E-state index >= 15 is 0 Å². The summed E-state index contributed by atoms with van der Waals surface area (Å²) in [5.74, 6) is 0. The van der Waals surface area contributed by atoms with E-state index < -0.39 is 0 Å². The Hall–Kier alpha value is -7.14. The largest absolute Gasteiger partial charge is 0.455 e. The second-order valence-corrected chi connectivity index (χ2v) is 15.5. The zero-order valence-corrected chi connectivity index (χ0v) is 31.0. The van der Waals surface area contributed by atoms with Gasteiger partial charge in [-0.15, -0.1) is 11.3 Å². The first-order valence-electron chi connectivity index (χ1n) is 19.0. The molecule has 0 fully saturated rings. The predicted molar refractivity (Wildman–Crippen MR) is 239 cm³/mol. The molecule has 262 valence electrons. The van der Waals surface area contributed by atoms with E-state index in [0.717, 1.165) is 61.2 Å². The summed E-state index contributed by atoms with van der Waals surface area (Å²) in [7, 11) is 0. The average Bonchev–Trinajstić information content (AvgIpc) is 3.95. The van der Waals surface area contributed by atoms with Crippen LogP contribution in [0.4, 0.5) is 17.1 Å². The number of furan rings is 1. The Morgan fingerprint density at radius 3 is 1.98 bits per heavy atom. The first-order chi connectivity index (χ1) is 27.8. The molecule has 0 saturated heterocycles. The van der Waals surface area contributed by atoms with Gasteiger partial charge in [-0.2, -0.15) is 0 Å². The van der Waals surface area contributed by atoms with Crippen molar-refractivity contribution in [3.63, 3.8) is 0 Å². The summed E-state index contributed by atoms with van der Waals surface area (Å²) in [4.78, 5) is 2.47. The Morgan fingerprint density at radius 1 is 0.429 bits per heavy atom. The highest BCUT2D eigenvalue weighted by molar-refractivity contribution is 7.26. The van der Waals surface area contributed by atoms with Crippen LogP contribution in [-0.2, 0) is 0 Å². The predicted octanol–water partition coefficient (Wildman–Crippen LogP) is 15.3. The molecule has 56 heavy (non-hydrogen) atoms. The van der Waals surface area contributed by atoms with Crippen molar-refractivity contribution in [2.45, 2.75) is 0 Å². The minimum absolute atomic E-state index is 0.914. The van der Waals surface area contributed by atoms with Gasteiger partial charge < -0.3 is 13.9 Å². The van der Waals surface area contributed by atoms with Crippen LogP contribution >= 0.6 is 11.3 Å². The summed E-state index contributed by atoms with van der Waals surface area (Å²) < 4.78 is 11.7. The van der Waals surface area contributed by atoms with Gasteiger partial charge in [0, 0.05) is 59.3 Å². The summed E-state index contributed by atoms with van der Waals surface area (Å²) in [6.07, 6.45) is 0. The molecule has 0 N–H and O–H groups in total. The van der Waals surface area contributed by atoms with Crippen LogP contribution in [0.15, 0.2) is 199 Å². The quantitative estimate of drug-likeness (QED) is 0.176. The maximum absolute atomic E-state index is 6.76. The van der Waals surface area contributed by atoms with E-state index in [1.807, 2.05) is 11.3 Å². The van der Waals surface area contributed by atoms with Crippen molar-refractivity contribution in [2.24, 2.45) is 0 Å². The van der Waals surface area contributed by atoms with Crippen LogP contribution in [0.5, 0.6) is 0 Å². The lowest BCUT2D eigenvalue weighted by molar-refractivity contribution is 0.674. The molecule has 4 heteroatoms. The maximum atomic E-state index is 6.76. The number of nitrogens with zero attached hydrogens (tertiary/aromatic N) is 2. The molecule has 3 aromatic heterocycles. The molecule has 0 aliphatic heterocycles. The summed E-state index contributed by atoms with van der Waals surface area (Å²) in [5.41, 5.74) is 10.9. The lowest BCUT2D eigenvalue weighted by Gasteiger charge is -2.27. The SMILES string of the molecule is c1ccc(-n2c3ccccc3c3c(N(c4ccc(-c5cccc6c5oc5c7ccccc7ccc65)cc4)c4cccc5c4sc4ccccc45)cccc32)cc1. The maximum Gasteiger partial charge on any atom is 0.143 e. The fourth-order valence-corrected chi connectivity index (χ4v) is 10.1. The highest BCUT2D eigenvalue weighted by atomic mass is 32.1. The number of thiophene rings is 1. The van der Waals surface area contributed by atoms with Crippen molar-refractivity contribution in [1.82, 2.24) is 4.57 Å². The number of hydrogen-bond acceptors (Lipinski definition) is 3. The molecule has 0 bridgehead atoms. The first-order valence-corrected chi connectivity index (χ1v) is 19.8. The van der Waals surface area contributed by atoms with Crippen molar-refractivity contribution in [2.75, 3.05) is 4.90 Å². The number of benzene rings is 9. The second-order valence-electron chi connectivity index (χ2n) is 14.4. The standard InChI is InChI=1S/C52H32N2OS/c1-2-14-35(15-3-1)53-44-22-8-6-18-43(44)49-45(53)23-12-24-46(49)54(47-25-11-21-42-39-17-7-9-26-48(39)56-52(42)47)36-30-27-34(28-31-36)38-19-10-20-40-41-32-29-33-13-4-5-16-37(33)51(41)55-50(38)40/h1-32H. The molecular formula is C52H32N2OS. The van der Waals surface area contributed by atoms with Crippen LogP contribution in [0.25, 0.3) is 91.5 Å². The number of anilines is 3. The first kappa shape index (κ1) is 31.2. The van der Waals surface area contributed by atoms with Crippen molar-refractivity contribution in [3.05, 3.63) is 194 Å². The van der Waals surface area contributed by atoms with Crippen LogP contribution in [0.1, 0.15) is 0 Å². The Labute approximate surface area is 326 Å². The van der Waals surface area contributed by atoms with Crippen molar-refractivity contribution < 1.29 is 4.42 Å². The minimum atomic E-state index is 0.914. The van der Waals surface area contributed by atoms with Gasteiger partial charge in [-0.1, -0.05) is 133 Å². The normalized spacial score (nSPS) is 11.9. The lowest BCUT2D eigenvalue weighted by atomic mass is 10.0. The number of para-hydroxylation sites is 3. The van der Waals surface area contributed by atoms with Gasteiger partial charge in [0.05, 0.1) is 27.1 Å². The second kappa shape index (κ2) is 12.2. The molecule has 3 nitrogen and oxygen atoms in total. The number of rotatable bonds is 5. The van der Waals surface area contributed by atoms with E-state index in [1.54, 1.807) is 0 Å². The Bertz CT molecular complexity index is 3480. The highest BCUT2D eigenvalue weighted by Gasteiger charge is 2.24. The average molecular weight is 733 g/mol. The number of aromatic nitrogens is 1. The van der Waals surface area contributed by atoms with Crippen LogP contribution in [-0.4, -0.2) is 4.57 Å². The molecule has 0 unspecified atom stereocenters. The summed E-state index contributed by atoms with van der Waals surface area (Å²) >= 11 is 1.86. The zero-order chi connectivity index (χ0) is 36.7. The van der Waals surface area contributed by atoms with Gasteiger partial charge in [-0.3, -0.25) is 0 Å². The van der Waals surface area contributed by atoms with Crippen molar-refractivity contribution in [3.8, 4) is 16.8 Å². The van der Waals surface area contributed by atoms with E-state index in [4.69, 9.17) is 4.42 Å². The van der Waals surface area contributed by atoms with E-state index in [-0.39, 0.29) is 0 Å². The van der Waals surface area contributed by atoms with Crippen molar-refractivity contribution in [1.29, 1.82) is 0 Å². The van der Waals surface area contributed by atoms with E-state index in [2.05, 4.69) is 204 Å². The molecule has 0 radical (unpaired) electrons. The van der Waals surface area contributed by atoms with Crippen LogP contribution < -0.4 is 4.90 Å². The number of fused-ring (bicyclic) bond motifs is 11. The molecule has 0 aliphatic carbocycles. The monoisotopic (exact) mass is 732 g/mol. The summed E-state index contributed by atoms with van der Waals surface area (Å²) in [6, 6.07) is 70.1. The Kier molecular flexibility index (Phi) is 6.80. The van der Waals surface area contributed by atoms with Crippen LogP contribution in [0.2, 0.25) is 0 Å². The van der Waals surface area contributed by atoms with Gasteiger partial charge in [0.1, 0.15) is 11.2 Å².